The first-order valence-electron chi connectivity index (χ1n) is 19.9. The lowest BCUT2D eigenvalue weighted by molar-refractivity contribution is 0.866. The zero-order chi connectivity index (χ0) is 37.4. The highest BCUT2D eigenvalue weighted by molar-refractivity contribution is 6.22. The lowest BCUT2D eigenvalue weighted by Gasteiger charge is -2.37. The van der Waals surface area contributed by atoms with Gasteiger partial charge in [0.05, 0.1) is 0 Å². The van der Waals surface area contributed by atoms with Gasteiger partial charge in [-0.15, -0.1) is 0 Å². The number of rotatable bonds is 16. The monoisotopic (exact) mass is 694 g/mol. The highest BCUT2D eigenvalue weighted by Crippen LogP contribution is 2.55. The van der Waals surface area contributed by atoms with Gasteiger partial charge in [0.15, 0.2) is 0 Å². The normalized spacial score (nSPS) is 13.9. The van der Waals surface area contributed by atoms with Gasteiger partial charge >= 0.3 is 0 Å². The van der Waals surface area contributed by atoms with E-state index in [-0.39, 0.29) is 0 Å². The van der Waals surface area contributed by atoms with Crippen LogP contribution in [0.3, 0.4) is 0 Å². The molecular weight excluding hydrogens is 633 g/mol. The molecule has 0 saturated carbocycles. The van der Waals surface area contributed by atoms with E-state index in [4.69, 9.17) is 0 Å². The van der Waals surface area contributed by atoms with Crippen LogP contribution in [-0.2, 0) is 0 Å². The third-order valence-corrected chi connectivity index (χ3v) is 11.1. The van der Waals surface area contributed by atoms with E-state index in [2.05, 4.69) is 186 Å². The molecule has 274 valence electrons. The minimum atomic E-state index is 0.994. The minimum absolute atomic E-state index is 0.994. The smallest absolute Gasteiger partial charge is 0.0366 e. The van der Waals surface area contributed by atoms with Gasteiger partial charge in [-0.25, -0.2) is 0 Å². The fourth-order valence-electron chi connectivity index (χ4n) is 8.15. The Bertz CT molecular complexity index is 1500. The van der Waals surface area contributed by atoms with Crippen LogP contribution in [0.15, 0.2) is 97.1 Å². The van der Waals surface area contributed by atoms with Gasteiger partial charge in [-0.05, 0) is 148 Å². The van der Waals surface area contributed by atoms with Crippen molar-refractivity contribution in [2.24, 2.45) is 0 Å². The molecule has 0 amide bonds. The van der Waals surface area contributed by atoms with Gasteiger partial charge in [-0.3, -0.25) is 0 Å². The van der Waals surface area contributed by atoms with E-state index in [9.17, 15) is 0 Å². The molecule has 1 aliphatic rings. The van der Waals surface area contributed by atoms with Gasteiger partial charge in [0.1, 0.15) is 0 Å². The van der Waals surface area contributed by atoms with Crippen molar-refractivity contribution in [3.8, 4) is 0 Å². The predicted molar refractivity (Wildman–Crippen MR) is 231 cm³/mol. The van der Waals surface area contributed by atoms with Crippen LogP contribution in [0.25, 0.3) is 22.3 Å². The Morgan fingerprint density at radius 3 is 0.558 bits per heavy atom. The van der Waals surface area contributed by atoms with Crippen molar-refractivity contribution in [2.45, 2.75) is 69.2 Å². The number of anilines is 4. The highest BCUT2D eigenvalue weighted by Gasteiger charge is 2.36. The number of hydrogen-bond acceptors (Lipinski definition) is 4. The Kier molecular flexibility index (Phi) is 13.3. The van der Waals surface area contributed by atoms with Gasteiger partial charge in [0.2, 0.25) is 0 Å². The van der Waals surface area contributed by atoms with E-state index >= 15 is 0 Å². The lowest BCUT2D eigenvalue weighted by Crippen LogP contribution is -2.22. The zero-order valence-electron chi connectivity index (χ0n) is 33.7. The van der Waals surface area contributed by atoms with Crippen molar-refractivity contribution in [3.05, 3.63) is 131 Å². The molecule has 4 aromatic carbocycles. The molecule has 5 rings (SSSR count). The molecule has 0 saturated heterocycles. The SMILES string of the molecule is CCN(CC)c1ccc(C2=C(c3ccc(N(CC)CC)cc3)[C](C)C(c3ccc(N(CC)CC)cc3)=C(c3ccc(N(CC)CC)cc3)[C]2C)cc1. The Balaban J connectivity index is 1.76. The molecule has 0 N–H and O–H groups in total. The fraction of sp³-hybridized carbons (Fsp3) is 0.375. The average Bonchev–Trinajstić information content (AvgIpc) is 3.18. The summed E-state index contributed by atoms with van der Waals surface area (Å²) in [5, 5.41) is 0. The molecule has 0 fully saturated rings. The summed E-state index contributed by atoms with van der Waals surface area (Å²) >= 11 is 0. The third-order valence-electron chi connectivity index (χ3n) is 11.1. The molecule has 0 bridgehead atoms. The molecule has 52 heavy (non-hydrogen) atoms. The topological polar surface area (TPSA) is 13.0 Å². The van der Waals surface area contributed by atoms with E-state index in [1.54, 1.807) is 0 Å². The van der Waals surface area contributed by atoms with Gasteiger partial charge in [-0.1, -0.05) is 62.4 Å². The molecule has 0 heterocycles. The van der Waals surface area contributed by atoms with Crippen LogP contribution in [0.5, 0.6) is 0 Å². The van der Waals surface area contributed by atoms with Crippen molar-refractivity contribution in [1.82, 2.24) is 0 Å². The first-order valence-corrected chi connectivity index (χ1v) is 19.9. The second-order valence-corrected chi connectivity index (χ2v) is 13.6. The minimum Gasteiger partial charge on any atom is -0.372 e. The first kappa shape index (κ1) is 38.8. The average molecular weight is 695 g/mol. The maximum atomic E-state index is 2.42. The van der Waals surface area contributed by atoms with Gasteiger partial charge in [0.25, 0.3) is 0 Å². The van der Waals surface area contributed by atoms with Crippen molar-refractivity contribution in [2.75, 3.05) is 72.0 Å². The van der Waals surface area contributed by atoms with Crippen molar-refractivity contribution in [1.29, 1.82) is 0 Å². The van der Waals surface area contributed by atoms with E-state index in [0.717, 1.165) is 52.4 Å². The highest BCUT2D eigenvalue weighted by atomic mass is 15.1. The molecule has 4 aromatic rings. The molecule has 0 unspecified atom stereocenters. The summed E-state index contributed by atoms with van der Waals surface area (Å²) in [6.45, 7) is 30.5. The van der Waals surface area contributed by atoms with E-state index in [1.807, 2.05) is 0 Å². The summed E-state index contributed by atoms with van der Waals surface area (Å²) < 4.78 is 0. The predicted octanol–water partition coefficient (Wildman–Crippen LogP) is 11.8. The van der Waals surface area contributed by atoms with E-state index in [1.165, 1.54) is 79.1 Å². The number of benzene rings is 4. The quantitative estimate of drug-likeness (QED) is 0.116. The fourth-order valence-corrected chi connectivity index (χ4v) is 8.15. The Morgan fingerprint density at radius 2 is 0.423 bits per heavy atom. The van der Waals surface area contributed by atoms with E-state index < -0.39 is 0 Å². The molecule has 4 nitrogen and oxygen atoms in total. The number of allylic oxidation sites excluding steroid dienone is 4. The second kappa shape index (κ2) is 17.9. The van der Waals surface area contributed by atoms with Crippen LogP contribution in [0.2, 0.25) is 0 Å². The van der Waals surface area contributed by atoms with Crippen LogP contribution < -0.4 is 19.6 Å². The number of hydrogen-bond donors (Lipinski definition) is 0. The van der Waals surface area contributed by atoms with Crippen molar-refractivity contribution < 1.29 is 0 Å². The first-order chi connectivity index (χ1) is 25.3. The second-order valence-electron chi connectivity index (χ2n) is 13.6. The molecule has 0 aromatic heterocycles. The zero-order valence-corrected chi connectivity index (χ0v) is 33.7. The van der Waals surface area contributed by atoms with Gasteiger partial charge in [-0.2, -0.15) is 0 Å². The third kappa shape index (κ3) is 7.82. The summed E-state index contributed by atoms with van der Waals surface area (Å²) in [5.41, 5.74) is 15.3. The van der Waals surface area contributed by atoms with Crippen molar-refractivity contribution in [3.63, 3.8) is 0 Å². The standard InChI is InChI=1S/C48H62N4/c1-11-49(12-2)41-27-19-37(20-28-41)45-35(9)47(39-23-31-43(32-24-39)51(15-5)16-6)48(40-25-33-44(34-26-40)52(17-7)18-8)36(10)46(45)38-21-29-42(30-22-38)50(13-3)14-4/h19-34H,11-18H2,1-10H3. The Labute approximate surface area is 316 Å². The number of nitrogens with zero attached hydrogens (tertiary/aromatic N) is 4. The molecule has 0 aliphatic heterocycles. The van der Waals surface area contributed by atoms with Crippen LogP contribution in [0.4, 0.5) is 22.7 Å². The van der Waals surface area contributed by atoms with Crippen molar-refractivity contribution >= 4 is 45.0 Å². The van der Waals surface area contributed by atoms with Crippen LogP contribution in [0, 0.1) is 11.8 Å². The Hall–Kier alpha value is -4.44. The Morgan fingerprint density at radius 1 is 0.269 bits per heavy atom. The molecule has 1 aliphatic carbocycles. The summed E-state index contributed by atoms with van der Waals surface area (Å²) in [5.74, 6) is 2.62. The largest absolute Gasteiger partial charge is 0.372 e. The van der Waals surface area contributed by atoms with Gasteiger partial charge < -0.3 is 19.6 Å². The summed E-state index contributed by atoms with van der Waals surface area (Å²) in [6, 6.07) is 37.2. The lowest BCUT2D eigenvalue weighted by atomic mass is 9.66. The van der Waals surface area contributed by atoms with E-state index in [0.29, 0.717) is 0 Å². The van der Waals surface area contributed by atoms with Crippen LogP contribution in [0.1, 0.15) is 91.5 Å². The maximum Gasteiger partial charge on any atom is 0.0366 e. The molecule has 2 radical (unpaired) electrons. The van der Waals surface area contributed by atoms with Crippen LogP contribution in [-0.4, -0.2) is 52.4 Å². The van der Waals surface area contributed by atoms with Crippen LogP contribution >= 0.6 is 0 Å². The molecular formula is C48H62N4. The van der Waals surface area contributed by atoms with Gasteiger partial charge in [0, 0.05) is 86.9 Å². The summed E-state index contributed by atoms with van der Waals surface area (Å²) in [6.07, 6.45) is 0. The maximum absolute atomic E-state index is 2.42. The molecule has 0 spiro atoms. The summed E-state index contributed by atoms with van der Waals surface area (Å²) in [7, 11) is 0. The molecule has 0 atom stereocenters. The summed E-state index contributed by atoms with van der Waals surface area (Å²) in [4.78, 5) is 9.68. The molecule has 4 heteroatoms.